The van der Waals surface area contributed by atoms with Gasteiger partial charge in [0.2, 0.25) is 23.6 Å². The second kappa shape index (κ2) is 21.5. The number of Topliss-reactive ketones (excluding diaryl/α,β-unsaturated/α-hetero) is 1. The Bertz CT molecular complexity index is 1460. The van der Waals surface area contributed by atoms with Crippen LogP contribution >= 0.6 is 0 Å². The number of carbonyl (C=O) groups is 5. The van der Waals surface area contributed by atoms with E-state index >= 15 is 0 Å². The molecular formula is C40H59N5O8. The fraction of sp³-hybridized carbons (Fsp3) is 0.575. The average Bonchev–Trinajstić information content (AvgIpc) is 3.12. The van der Waals surface area contributed by atoms with E-state index in [0.29, 0.717) is 39.1 Å². The minimum absolute atomic E-state index is 0.0279. The van der Waals surface area contributed by atoms with Crippen LogP contribution in [-0.4, -0.2) is 114 Å². The van der Waals surface area contributed by atoms with Crippen LogP contribution in [0.4, 0.5) is 0 Å². The first-order chi connectivity index (χ1) is 25.2. The number of nitrogens with one attached hydrogen (secondary N) is 4. The highest BCUT2D eigenvalue weighted by Crippen LogP contribution is 2.16. The molecule has 292 valence electrons. The Labute approximate surface area is 313 Å². The quantitative estimate of drug-likeness (QED) is 0.111. The van der Waals surface area contributed by atoms with Crippen LogP contribution in [-0.2, 0) is 41.6 Å². The van der Waals surface area contributed by atoms with E-state index in [0.717, 1.165) is 11.1 Å². The zero-order valence-corrected chi connectivity index (χ0v) is 31.8. The molecule has 0 saturated carbocycles. The Morgan fingerprint density at radius 1 is 0.717 bits per heavy atom. The van der Waals surface area contributed by atoms with E-state index in [9.17, 15) is 34.2 Å². The SMILES string of the molecule is CC(C)CC(NC(=O)[C@H](CCc1ccccc1)NC(=O)CN1CCOCC1)C(=O)NC(Cc1ccccc1)C(=O)NC(CC(C)C)C(=O)C(C)(O)CO. The molecule has 0 spiro atoms. The summed E-state index contributed by atoms with van der Waals surface area (Å²) in [5.41, 5.74) is -0.337. The van der Waals surface area contributed by atoms with Gasteiger partial charge in [-0.2, -0.15) is 0 Å². The van der Waals surface area contributed by atoms with Crippen LogP contribution < -0.4 is 21.3 Å². The van der Waals surface area contributed by atoms with E-state index in [-0.39, 0.29) is 43.6 Å². The molecule has 0 aromatic heterocycles. The van der Waals surface area contributed by atoms with E-state index in [2.05, 4.69) is 21.3 Å². The summed E-state index contributed by atoms with van der Waals surface area (Å²) in [5.74, 6) is -2.89. The second-order valence-corrected chi connectivity index (χ2v) is 15.0. The van der Waals surface area contributed by atoms with E-state index in [1.807, 2.05) is 81.1 Å². The molecule has 13 heteroatoms. The Balaban J connectivity index is 1.84. The van der Waals surface area contributed by atoms with Crippen molar-refractivity contribution < 1.29 is 38.9 Å². The number of aryl methyl sites for hydroxylation is 1. The molecule has 1 fully saturated rings. The monoisotopic (exact) mass is 737 g/mol. The molecule has 13 nitrogen and oxygen atoms in total. The molecule has 0 bridgehead atoms. The highest BCUT2D eigenvalue weighted by molar-refractivity contribution is 5.97. The van der Waals surface area contributed by atoms with Gasteiger partial charge < -0.3 is 36.2 Å². The van der Waals surface area contributed by atoms with Crippen molar-refractivity contribution in [1.29, 1.82) is 0 Å². The van der Waals surface area contributed by atoms with Crippen LogP contribution in [0, 0.1) is 11.8 Å². The van der Waals surface area contributed by atoms with Crippen molar-refractivity contribution in [2.75, 3.05) is 39.5 Å². The number of aliphatic hydroxyl groups excluding tert-OH is 1. The predicted molar refractivity (Wildman–Crippen MR) is 202 cm³/mol. The third kappa shape index (κ3) is 15.0. The van der Waals surface area contributed by atoms with Gasteiger partial charge >= 0.3 is 0 Å². The Morgan fingerprint density at radius 3 is 1.77 bits per heavy atom. The smallest absolute Gasteiger partial charge is 0.243 e. The summed E-state index contributed by atoms with van der Waals surface area (Å²) in [7, 11) is 0. The minimum atomic E-state index is -2.08. The first-order valence-electron chi connectivity index (χ1n) is 18.6. The molecule has 4 unspecified atom stereocenters. The maximum absolute atomic E-state index is 14.1. The van der Waals surface area contributed by atoms with Gasteiger partial charge in [-0.3, -0.25) is 28.9 Å². The van der Waals surface area contributed by atoms with Crippen LogP contribution in [0.1, 0.15) is 65.0 Å². The van der Waals surface area contributed by atoms with Gasteiger partial charge in [0.15, 0.2) is 5.78 Å². The van der Waals surface area contributed by atoms with Crippen molar-refractivity contribution in [2.24, 2.45) is 11.8 Å². The molecule has 2 aromatic carbocycles. The number of ether oxygens (including phenoxy) is 1. The fourth-order valence-corrected chi connectivity index (χ4v) is 6.16. The van der Waals surface area contributed by atoms with Crippen molar-refractivity contribution in [3.8, 4) is 0 Å². The number of morpholine rings is 1. The lowest BCUT2D eigenvalue weighted by Crippen LogP contribution is -2.60. The summed E-state index contributed by atoms with van der Waals surface area (Å²) in [5, 5.41) is 31.5. The molecule has 5 atom stereocenters. The number of amides is 4. The third-order valence-electron chi connectivity index (χ3n) is 9.12. The van der Waals surface area contributed by atoms with Crippen molar-refractivity contribution in [1.82, 2.24) is 26.2 Å². The number of benzene rings is 2. The number of rotatable bonds is 21. The zero-order valence-electron chi connectivity index (χ0n) is 31.8. The number of hydrogen-bond donors (Lipinski definition) is 6. The van der Waals surface area contributed by atoms with Crippen LogP contribution in [0.15, 0.2) is 60.7 Å². The third-order valence-corrected chi connectivity index (χ3v) is 9.12. The molecule has 0 aliphatic carbocycles. The minimum Gasteiger partial charge on any atom is -0.393 e. The first kappa shape index (κ1) is 43.2. The largest absolute Gasteiger partial charge is 0.393 e. The van der Waals surface area contributed by atoms with Crippen LogP contribution in [0.5, 0.6) is 0 Å². The molecule has 4 amide bonds. The molecule has 3 rings (SSSR count). The number of ketones is 1. The first-order valence-corrected chi connectivity index (χ1v) is 18.6. The van der Waals surface area contributed by atoms with Crippen molar-refractivity contribution in [2.45, 2.75) is 96.5 Å². The summed E-state index contributed by atoms with van der Waals surface area (Å²) in [4.78, 5) is 70.2. The van der Waals surface area contributed by atoms with Gasteiger partial charge in [0.25, 0.3) is 0 Å². The lowest BCUT2D eigenvalue weighted by atomic mass is 9.90. The van der Waals surface area contributed by atoms with Gasteiger partial charge in [-0.25, -0.2) is 0 Å². The molecule has 0 radical (unpaired) electrons. The second-order valence-electron chi connectivity index (χ2n) is 15.0. The molecule has 2 aromatic rings. The van der Waals surface area contributed by atoms with E-state index in [1.54, 1.807) is 12.1 Å². The molecule has 6 N–H and O–H groups in total. The van der Waals surface area contributed by atoms with Gasteiger partial charge in [-0.05, 0) is 55.6 Å². The number of nitrogens with zero attached hydrogens (tertiary/aromatic N) is 1. The maximum Gasteiger partial charge on any atom is 0.243 e. The van der Waals surface area contributed by atoms with Crippen LogP contribution in [0.2, 0.25) is 0 Å². The number of aliphatic hydroxyl groups is 2. The lowest BCUT2D eigenvalue weighted by molar-refractivity contribution is -0.144. The summed E-state index contributed by atoms with van der Waals surface area (Å²) >= 11 is 0. The van der Waals surface area contributed by atoms with Gasteiger partial charge in [0.1, 0.15) is 23.7 Å². The van der Waals surface area contributed by atoms with Crippen LogP contribution in [0.25, 0.3) is 0 Å². The van der Waals surface area contributed by atoms with Gasteiger partial charge in [0, 0.05) is 19.5 Å². The standard InChI is InChI=1S/C40H59N5O8/c1-27(2)22-32(36(48)40(5,52)26-46)42-39(51)34(24-30-14-10-7-11-15-30)44-38(50)33(23-28(3)4)43-37(49)31(17-16-29-12-8-6-9-13-29)41-35(47)25-45-18-20-53-21-19-45/h6-15,27-28,31-34,46,52H,16-26H2,1-5H3,(H,41,47)(H,42,51)(H,43,49)(H,44,50)/t31-,32?,33?,34?,40?/m0/s1. The molecule has 1 aliphatic heterocycles. The van der Waals surface area contributed by atoms with Gasteiger partial charge in [0.05, 0.1) is 32.4 Å². The Hall–Kier alpha value is -4.17. The Kier molecular flexibility index (Phi) is 17.5. The molecule has 1 saturated heterocycles. The zero-order chi connectivity index (χ0) is 39.0. The molecule has 53 heavy (non-hydrogen) atoms. The molecule has 1 aliphatic rings. The van der Waals surface area contributed by atoms with E-state index in [1.165, 1.54) is 6.92 Å². The highest BCUT2D eigenvalue weighted by atomic mass is 16.5. The van der Waals surface area contributed by atoms with Crippen LogP contribution in [0.3, 0.4) is 0 Å². The van der Waals surface area contributed by atoms with Gasteiger partial charge in [-0.1, -0.05) is 88.4 Å². The average molecular weight is 738 g/mol. The van der Waals surface area contributed by atoms with Gasteiger partial charge in [-0.15, -0.1) is 0 Å². The normalized spacial score (nSPS) is 16.8. The molecular weight excluding hydrogens is 678 g/mol. The van der Waals surface area contributed by atoms with E-state index < -0.39 is 59.9 Å². The summed E-state index contributed by atoms with van der Waals surface area (Å²) in [6, 6.07) is 14.4. The van der Waals surface area contributed by atoms with Crippen molar-refractivity contribution in [3.05, 3.63) is 71.8 Å². The van der Waals surface area contributed by atoms with Crippen molar-refractivity contribution in [3.63, 3.8) is 0 Å². The number of hydrogen-bond acceptors (Lipinski definition) is 9. The summed E-state index contributed by atoms with van der Waals surface area (Å²) < 4.78 is 5.39. The summed E-state index contributed by atoms with van der Waals surface area (Å²) in [6.07, 6.45) is 1.33. The Morgan fingerprint density at radius 2 is 1.21 bits per heavy atom. The highest BCUT2D eigenvalue weighted by Gasteiger charge is 2.38. The molecule has 1 heterocycles. The van der Waals surface area contributed by atoms with Crippen molar-refractivity contribution >= 4 is 29.4 Å². The van der Waals surface area contributed by atoms with E-state index in [4.69, 9.17) is 4.74 Å². The maximum atomic E-state index is 14.1. The predicted octanol–water partition coefficient (Wildman–Crippen LogP) is 1.54. The summed E-state index contributed by atoms with van der Waals surface area (Å²) in [6.45, 7) is 10.3. The fourth-order valence-electron chi connectivity index (χ4n) is 6.16. The topological polar surface area (TPSA) is 186 Å². The number of carbonyl (C=O) groups excluding carboxylic acids is 5. The lowest BCUT2D eigenvalue weighted by Gasteiger charge is -2.30.